The molecule has 2 aromatic rings. The van der Waals surface area contributed by atoms with Crippen LogP contribution in [0.2, 0.25) is 5.15 Å². The monoisotopic (exact) mass is 300 g/mol. The predicted octanol–water partition coefficient (Wildman–Crippen LogP) is 2.66. The van der Waals surface area contributed by atoms with Crippen LogP contribution in [0, 0.1) is 0 Å². The normalized spacial score (nSPS) is 10.1. The first-order valence-corrected chi connectivity index (χ1v) is 5.38. The van der Waals surface area contributed by atoms with Crippen LogP contribution in [0.25, 0.3) is 0 Å². The molecule has 0 aromatic carbocycles. The molecule has 2 N–H and O–H groups in total. The van der Waals surface area contributed by atoms with E-state index in [4.69, 9.17) is 22.1 Å². The summed E-state index contributed by atoms with van der Waals surface area (Å²) in [6.07, 6.45) is 4.46. The van der Waals surface area contributed by atoms with E-state index in [1.165, 1.54) is 6.33 Å². The minimum Gasteiger partial charge on any atom is -0.435 e. The molecule has 7 heteroatoms. The molecule has 0 saturated heterocycles. The molecule has 16 heavy (non-hydrogen) atoms. The summed E-state index contributed by atoms with van der Waals surface area (Å²) < 4.78 is 6.21. The fraction of sp³-hybridized carbons (Fsp3) is 0. The van der Waals surface area contributed by atoms with Crippen LogP contribution in [0.5, 0.6) is 11.6 Å². The van der Waals surface area contributed by atoms with Gasteiger partial charge in [-0.3, -0.25) is 4.98 Å². The maximum absolute atomic E-state index is 5.73. The van der Waals surface area contributed by atoms with E-state index in [9.17, 15) is 0 Å². The predicted molar refractivity (Wildman–Crippen MR) is 63.5 cm³/mol. The summed E-state index contributed by atoms with van der Waals surface area (Å²) in [7, 11) is 0. The number of ether oxygens (including phenoxy) is 1. The van der Waals surface area contributed by atoms with E-state index in [1.54, 1.807) is 18.5 Å². The average molecular weight is 302 g/mol. The van der Waals surface area contributed by atoms with Crippen LogP contribution in [-0.2, 0) is 0 Å². The Morgan fingerprint density at radius 1 is 1.31 bits per heavy atom. The number of nitrogen functional groups attached to an aromatic ring is 1. The van der Waals surface area contributed by atoms with Crippen molar-refractivity contribution in [2.75, 3.05) is 5.73 Å². The van der Waals surface area contributed by atoms with Crippen molar-refractivity contribution in [3.8, 4) is 11.6 Å². The van der Waals surface area contributed by atoms with Crippen LogP contribution in [0.3, 0.4) is 0 Å². The van der Waals surface area contributed by atoms with Crippen molar-refractivity contribution < 1.29 is 4.74 Å². The molecule has 0 unspecified atom stereocenters. The van der Waals surface area contributed by atoms with Gasteiger partial charge in [-0.05, 0) is 22.0 Å². The maximum Gasteiger partial charge on any atom is 0.247 e. The second-order valence-corrected chi connectivity index (χ2v) is 4.10. The lowest BCUT2D eigenvalue weighted by Gasteiger charge is -2.06. The molecule has 0 atom stereocenters. The van der Waals surface area contributed by atoms with E-state index in [1.807, 2.05) is 0 Å². The quantitative estimate of drug-likeness (QED) is 0.863. The third kappa shape index (κ3) is 2.40. The number of hydrogen-bond donors (Lipinski definition) is 1. The van der Waals surface area contributed by atoms with Crippen molar-refractivity contribution in [2.45, 2.75) is 0 Å². The first-order valence-electron chi connectivity index (χ1n) is 4.21. The number of hydrogen-bond acceptors (Lipinski definition) is 5. The molecule has 0 fully saturated rings. The molecule has 0 saturated carbocycles. The number of halogens is 2. The standard InChI is InChI=1S/C9H6BrClN4O/c10-5-1-6(3-13-2-5)16-9-7(12)8(11)14-4-15-9/h1-4H,12H2. The highest BCUT2D eigenvalue weighted by molar-refractivity contribution is 9.10. The fourth-order valence-corrected chi connectivity index (χ4v) is 1.47. The molecule has 82 valence electrons. The highest BCUT2D eigenvalue weighted by Gasteiger charge is 2.08. The Morgan fingerprint density at radius 2 is 2.12 bits per heavy atom. The molecule has 2 rings (SSSR count). The second kappa shape index (κ2) is 4.63. The van der Waals surface area contributed by atoms with Gasteiger partial charge in [-0.25, -0.2) is 4.98 Å². The molecule has 0 bridgehead atoms. The molecule has 0 aliphatic heterocycles. The first-order chi connectivity index (χ1) is 7.66. The van der Waals surface area contributed by atoms with Gasteiger partial charge >= 0.3 is 0 Å². The van der Waals surface area contributed by atoms with Crippen molar-refractivity contribution >= 4 is 33.2 Å². The Hall–Kier alpha value is -1.40. The number of nitrogens with zero attached hydrogens (tertiary/aromatic N) is 3. The number of aromatic nitrogens is 3. The van der Waals surface area contributed by atoms with Gasteiger partial charge in [0.05, 0.1) is 6.20 Å². The van der Waals surface area contributed by atoms with Crippen molar-refractivity contribution in [3.63, 3.8) is 0 Å². The van der Waals surface area contributed by atoms with Gasteiger partial charge in [-0.15, -0.1) is 0 Å². The maximum atomic E-state index is 5.73. The molecular formula is C9H6BrClN4O. The highest BCUT2D eigenvalue weighted by atomic mass is 79.9. The van der Waals surface area contributed by atoms with Gasteiger partial charge in [0.15, 0.2) is 5.15 Å². The smallest absolute Gasteiger partial charge is 0.247 e. The third-order valence-electron chi connectivity index (χ3n) is 1.69. The minimum absolute atomic E-state index is 0.160. The van der Waals surface area contributed by atoms with E-state index in [-0.39, 0.29) is 16.7 Å². The lowest BCUT2D eigenvalue weighted by Crippen LogP contribution is -1.97. The second-order valence-electron chi connectivity index (χ2n) is 2.82. The summed E-state index contributed by atoms with van der Waals surface area (Å²) in [5, 5.41) is 0.160. The number of pyridine rings is 1. The van der Waals surface area contributed by atoms with Crippen LogP contribution in [0.4, 0.5) is 5.69 Å². The topological polar surface area (TPSA) is 73.9 Å². The van der Waals surface area contributed by atoms with Crippen LogP contribution < -0.4 is 10.5 Å². The molecule has 0 aliphatic rings. The zero-order valence-electron chi connectivity index (χ0n) is 7.89. The van der Waals surface area contributed by atoms with Gasteiger partial charge in [0.2, 0.25) is 5.88 Å². The summed E-state index contributed by atoms with van der Waals surface area (Å²) in [6, 6.07) is 1.74. The summed E-state index contributed by atoms with van der Waals surface area (Å²) in [4.78, 5) is 11.5. The molecule has 0 amide bonds. The Labute approximate surface area is 105 Å². The van der Waals surface area contributed by atoms with Gasteiger partial charge < -0.3 is 10.5 Å². The lowest BCUT2D eigenvalue weighted by molar-refractivity contribution is 0.461. The van der Waals surface area contributed by atoms with E-state index < -0.39 is 0 Å². The van der Waals surface area contributed by atoms with Crippen molar-refractivity contribution in [1.82, 2.24) is 15.0 Å². The summed E-state index contributed by atoms with van der Waals surface area (Å²) >= 11 is 9.01. The SMILES string of the molecule is Nc1c(Cl)ncnc1Oc1cncc(Br)c1. The molecular weight excluding hydrogens is 295 g/mol. The minimum atomic E-state index is 0.160. The van der Waals surface area contributed by atoms with E-state index in [2.05, 4.69) is 30.9 Å². The molecule has 0 aliphatic carbocycles. The zero-order chi connectivity index (χ0) is 11.5. The van der Waals surface area contributed by atoms with Gasteiger partial charge in [-0.1, -0.05) is 11.6 Å². The molecule has 0 spiro atoms. The number of rotatable bonds is 2. The van der Waals surface area contributed by atoms with Crippen LogP contribution in [0.1, 0.15) is 0 Å². The van der Waals surface area contributed by atoms with Crippen molar-refractivity contribution in [3.05, 3.63) is 34.4 Å². The Morgan fingerprint density at radius 3 is 2.88 bits per heavy atom. The van der Waals surface area contributed by atoms with Gasteiger partial charge in [-0.2, -0.15) is 4.98 Å². The van der Waals surface area contributed by atoms with Crippen LogP contribution in [0.15, 0.2) is 29.3 Å². The Balaban J connectivity index is 2.31. The van der Waals surface area contributed by atoms with Crippen molar-refractivity contribution in [2.24, 2.45) is 0 Å². The van der Waals surface area contributed by atoms with Crippen molar-refractivity contribution in [1.29, 1.82) is 0 Å². The Bertz CT molecular complexity index is 523. The average Bonchev–Trinajstić information content (AvgIpc) is 2.25. The zero-order valence-corrected chi connectivity index (χ0v) is 10.2. The molecule has 5 nitrogen and oxygen atoms in total. The molecule has 2 heterocycles. The number of nitrogens with two attached hydrogens (primary N) is 1. The first kappa shape index (κ1) is 11.1. The third-order valence-corrected chi connectivity index (χ3v) is 2.43. The highest BCUT2D eigenvalue weighted by Crippen LogP contribution is 2.29. The van der Waals surface area contributed by atoms with Crippen LogP contribution in [-0.4, -0.2) is 15.0 Å². The van der Waals surface area contributed by atoms with Gasteiger partial charge in [0.25, 0.3) is 0 Å². The summed E-state index contributed by atoms with van der Waals surface area (Å²) in [5.74, 6) is 0.718. The molecule has 2 aromatic heterocycles. The number of anilines is 1. The largest absolute Gasteiger partial charge is 0.435 e. The summed E-state index contributed by atoms with van der Waals surface area (Å²) in [5.41, 5.74) is 5.85. The van der Waals surface area contributed by atoms with Gasteiger partial charge in [0.1, 0.15) is 17.8 Å². The molecule has 0 radical (unpaired) electrons. The lowest BCUT2D eigenvalue weighted by atomic mass is 10.4. The van der Waals surface area contributed by atoms with Crippen LogP contribution >= 0.6 is 27.5 Å². The van der Waals surface area contributed by atoms with E-state index in [0.717, 1.165) is 4.47 Å². The van der Waals surface area contributed by atoms with Gasteiger partial charge in [0, 0.05) is 10.7 Å². The Kier molecular flexibility index (Phi) is 3.21. The van der Waals surface area contributed by atoms with E-state index >= 15 is 0 Å². The summed E-state index contributed by atoms with van der Waals surface area (Å²) in [6.45, 7) is 0. The fourth-order valence-electron chi connectivity index (χ4n) is 1.00. The van der Waals surface area contributed by atoms with E-state index in [0.29, 0.717) is 5.75 Å².